The third-order valence-corrected chi connectivity index (χ3v) is 3.19. The standard InChI is InChI=1S/C13H18ClF3N2/c1-9(2)19(8-13(15,16)17)7-11-4-3-10(6-18)5-12(11)14/h3-5,9H,6-8,18H2,1-2H3. The van der Waals surface area contributed by atoms with Crippen molar-refractivity contribution in [1.29, 1.82) is 0 Å². The van der Waals surface area contributed by atoms with Crippen LogP contribution in [-0.4, -0.2) is 23.7 Å². The molecule has 1 aromatic carbocycles. The van der Waals surface area contributed by atoms with E-state index < -0.39 is 12.7 Å². The molecule has 0 unspecified atom stereocenters. The Kier molecular flexibility index (Phi) is 5.64. The molecule has 2 N–H and O–H groups in total. The molecule has 19 heavy (non-hydrogen) atoms. The number of alkyl halides is 3. The predicted molar refractivity (Wildman–Crippen MR) is 70.9 cm³/mol. The zero-order valence-corrected chi connectivity index (χ0v) is 11.7. The van der Waals surface area contributed by atoms with Gasteiger partial charge in [-0.25, -0.2) is 0 Å². The first-order valence-corrected chi connectivity index (χ1v) is 6.39. The van der Waals surface area contributed by atoms with Gasteiger partial charge in [-0.1, -0.05) is 23.7 Å². The molecule has 2 nitrogen and oxygen atoms in total. The summed E-state index contributed by atoms with van der Waals surface area (Å²) >= 11 is 6.06. The highest BCUT2D eigenvalue weighted by molar-refractivity contribution is 6.31. The van der Waals surface area contributed by atoms with Crippen molar-refractivity contribution < 1.29 is 13.2 Å². The minimum absolute atomic E-state index is 0.168. The van der Waals surface area contributed by atoms with Gasteiger partial charge in [-0.05, 0) is 31.0 Å². The normalized spacial score (nSPS) is 12.5. The van der Waals surface area contributed by atoms with Gasteiger partial charge < -0.3 is 5.73 Å². The molecule has 6 heteroatoms. The Labute approximate surface area is 116 Å². The maximum Gasteiger partial charge on any atom is 0.401 e. The molecule has 0 bridgehead atoms. The van der Waals surface area contributed by atoms with Gasteiger partial charge in [0.2, 0.25) is 0 Å². The van der Waals surface area contributed by atoms with Crippen LogP contribution in [0.3, 0.4) is 0 Å². The van der Waals surface area contributed by atoms with Gasteiger partial charge in [0, 0.05) is 24.2 Å². The molecule has 0 aliphatic carbocycles. The Morgan fingerprint density at radius 3 is 2.37 bits per heavy atom. The molecular formula is C13H18ClF3N2. The predicted octanol–water partition coefficient (Wildman–Crippen LogP) is 3.57. The van der Waals surface area contributed by atoms with Gasteiger partial charge >= 0.3 is 6.18 Å². The van der Waals surface area contributed by atoms with Crippen LogP contribution in [0.2, 0.25) is 5.02 Å². The molecule has 0 spiro atoms. The average molecular weight is 295 g/mol. The summed E-state index contributed by atoms with van der Waals surface area (Å²) in [4.78, 5) is 1.34. The van der Waals surface area contributed by atoms with E-state index in [-0.39, 0.29) is 12.6 Å². The van der Waals surface area contributed by atoms with Gasteiger partial charge in [0.15, 0.2) is 0 Å². The molecule has 0 atom stereocenters. The number of hydrogen-bond donors (Lipinski definition) is 1. The van der Waals surface area contributed by atoms with Crippen LogP contribution in [0.4, 0.5) is 13.2 Å². The fourth-order valence-corrected chi connectivity index (χ4v) is 1.98. The molecule has 0 saturated heterocycles. The summed E-state index contributed by atoms with van der Waals surface area (Å²) in [6.07, 6.45) is -4.21. The lowest BCUT2D eigenvalue weighted by atomic mass is 10.1. The first-order chi connectivity index (χ1) is 8.73. The Balaban J connectivity index is 2.85. The van der Waals surface area contributed by atoms with Gasteiger partial charge in [-0.15, -0.1) is 0 Å². The molecular weight excluding hydrogens is 277 g/mol. The topological polar surface area (TPSA) is 29.3 Å². The fraction of sp³-hybridized carbons (Fsp3) is 0.538. The summed E-state index contributed by atoms with van der Waals surface area (Å²) < 4.78 is 37.5. The minimum Gasteiger partial charge on any atom is -0.326 e. The third-order valence-electron chi connectivity index (χ3n) is 2.84. The lowest BCUT2D eigenvalue weighted by Gasteiger charge is -2.27. The zero-order chi connectivity index (χ0) is 14.6. The zero-order valence-electron chi connectivity index (χ0n) is 11.0. The Hall–Kier alpha value is -0.780. The van der Waals surface area contributed by atoms with E-state index in [0.29, 0.717) is 17.1 Å². The summed E-state index contributed by atoms with van der Waals surface area (Å²) in [5.74, 6) is 0. The van der Waals surface area contributed by atoms with Crippen LogP contribution in [0.5, 0.6) is 0 Å². The number of nitrogens with zero attached hydrogens (tertiary/aromatic N) is 1. The maximum absolute atomic E-state index is 12.5. The molecule has 0 radical (unpaired) electrons. The highest BCUT2D eigenvalue weighted by Gasteiger charge is 2.31. The Morgan fingerprint density at radius 2 is 1.95 bits per heavy atom. The molecule has 0 aliphatic heterocycles. The summed E-state index contributed by atoms with van der Waals surface area (Å²) in [5, 5.41) is 0.454. The molecule has 0 aliphatic rings. The van der Waals surface area contributed by atoms with E-state index in [4.69, 9.17) is 17.3 Å². The van der Waals surface area contributed by atoms with Crippen molar-refractivity contribution in [3.63, 3.8) is 0 Å². The van der Waals surface area contributed by atoms with Crippen LogP contribution >= 0.6 is 11.6 Å². The Bertz CT molecular complexity index is 419. The van der Waals surface area contributed by atoms with Crippen molar-refractivity contribution in [1.82, 2.24) is 4.90 Å². The van der Waals surface area contributed by atoms with Crippen LogP contribution in [-0.2, 0) is 13.1 Å². The van der Waals surface area contributed by atoms with Crippen molar-refractivity contribution in [2.24, 2.45) is 5.73 Å². The van der Waals surface area contributed by atoms with Crippen LogP contribution in [0, 0.1) is 0 Å². The van der Waals surface area contributed by atoms with E-state index in [9.17, 15) is 13.2 Å². The lowest BCUT2D eigenvalue weighted by Crippen LogP contribution is -2.38. The number of hydrogen-bond acceptors (Lipinski definition) is 2. The minimum atomic E-state index is -4.21. The van der Waals surface area contributed by atoms with Crippen molar-refractivity contribution in [3.8, 4) is 0 Å². The van der Waals surface area contributed by atoms with Gasteiger partial charge in [0.25, 0.3) is 0 Å². The van der Waals surface area contributed by atoms with Crippen molar-refractivity contribution >= 4 is 11.6 Å². The monoisotopic (exact) mass is 294 g/mol. The van der Waals surface area contributed by atoms with Gasteiger partial charge in [0.1, 0.15) is 0 Å². The highest BCUT2D eigenvalue weighted by atomic mass is 35.5. The first kappa shape index (κ1) is 16.3. The second-order valence-corrected chi connectivity index (χ2v) is 5.15. The van der Waals surface area contributed by atoms with E-state index >= 15 is 0 Å². The molecule has 108 valence electrons. The quantitative estimate of drug-likeness (QED) is 0.899. The molecule has 1 aromatic rings. The number of rotatable bonds is 5. The second kappa shape index (κ2) is 6.59. The second-order valence-electron chi connectivity index (χ2n) is 4.74. The summed E-state index contributed by atoms with van der Waals surface area (Å²) in [7, 11) is 0. The molecule has 0 fully saturated rings. The van der Waals surface area contributed by atoms with Gasteiger partial charge in [-0.3, -0.25) is 4.90 Å². The van der Waals surface area contributed by atoms with Crippen molar-refractivity contribution in [3.05, 3.63) is 34.3 Å². The van der Waals surface area contributed by atoms with E-state index in [1.807, 2.05) is 0 Å². The van der Waals surface area contributed by atoms with Crippen LogP contribution < -0.4 is 5.73 Å². The number of halogens is 4. The van der Waals surface area contributed by atoms with E-state index in [0.717, 1.165) is 5.56 Å². The van der Waals surface area contributed by atoms with Crippen LogP contribution in [0.1, 0.15) is 25.0 Å². The molecule has 0 amide bonds. The summed E-state index contributed by atoms with van der Waals surface area (Å²) in [6, 6.07) is 5.00. The van der Waals surface area contributed by atoms with Crippen LogP contribution in [0.25, 0.3) is 0 Å². The van der Waals surface area contributed by atoms with E-state index in [1.54, 1.807) is 32.0 Å². The molecule has 1 rings (SSSR count). The third kappa shape index (κ3) is 5.38. The van der Waals surface area contributed by atoms with E-state index in [2.05, 4.69) is 0 Å². The number of nitrogens with two attached hydrogens (primary N) is 1. The molecule has 0 aromatic heterocycles. The average Bonchev–Trinajstić information content (AvgIpc) is 2.28. The Morgan fingerprint density at radius 1 is 1.32 bits per heavy atom. The molecule has 0 saturated carbocycles. The summed E-state index contributed by atoms with van der Waals surface area (Å²) in [5.41, 5.74) is 7.02. The highest BCUT2D eigenvalue weighted by Crippen LogP contribution is 2.23. The van der Waals surface area contributed by atoms with Crippen LogP contribution in [0.15, 0.2) is 18.2 Å². The number of benzene rings is 1. The van der Waals surface area contributed by atoms with Gasteiger partial charge in [-0.2, -0.15) is 13.2 Å². The first-order valence-electron chi connectivity index (χ1n) is 6.01. The van der Waals surface area contributed by atoms with Crippen molar-refractivity contribution in [2.45, 2.75) is 39.2 Å². The largest absolute Gasteiger partial charge is 0.401 e. The van der Waals surface area contributed by atoms with E-state index in [1.165, 1.54) is 4.90 Å². The fourth-order valence-electron chi connectivity index (χ4n) is 1.72. The lowest BCUT2D eigenvalue weighted by molar-refractivity contribution is -0.150. The molecule has 0 heterocycles. The van der Waals surface area contributed by atoms with Crippen molar-refractivity contribution in [2.75, 3.05) is 6.54 Å². The summed E-state index contributed by atoms with van der Waals surface area (Å²) in [6.45, 7) is 3.04. The SMILES string of the molecule is CC(C)N(Cc1ccc(CN)cc1Cl)CC(F)(F)F. The van der Waals surface area contributed by atoms with Gasteiger partial charge in [0.05, 0.1) is 6.54 Å². The smallest absolute Gasteiger partial charge is 0.326 e. The maximum atomic E-state index is 12.5.